The molecule has 0 saturated carbocycles. The van der Waals surface area contributed by atoms with Gasteiger partial charge in [0.05, 0.1) is 5.52 Å². The van der Waals surface area contributed by atoms with Crippen molar-refractivity contribution in [2.45, 2.75) is 4.90 Å². The van der Waals surface area contributed by atoms with Gasteiger partial charge in [-0.2, -0.15) is 8.42 Å². The minimum atomic E-state index is -3.83. The summed E-state index contributed by atoms with van der Waals surface area (Å²) < 4.78 is 29.5. The highest BCUT2D eigenvalue weighted by Crippen LogP contribution is 2.21. The lowest BCUT2D eigenvalue weighted by atomic mass is 10.2. The first kappa shape index (κ1) is 12.6. The Morgan fingerprint density at radius 2 is 1.70 bits per heavy atom. The number of hydrogen-bond donors (Lipinski definition) is 0. The molecule has 20 heavy (non-hydrogen) atoms. The number of pyridine rings is 1. The average molecular weight is 285 g/mol. The van der Waals surface area contributed by atoms with E-state index in [4.69, 9.17) is 4.18 Å². The highest BCUT2D eigenvalue weighted by molar-refractivity contribution is 7.87. The third-order valence-corrected chi connectivity index (χ3v) is 4.06. The van der Waals surface area contributed by atoms with Crippen molar-refractivity contribution in [3.05, 3.63) is 66.9 Å². The lowest BCUT2D eigenvalue weighted by Gasteiger charge is -2.07. The molecule has 100 valence electrons. The van der Waals surface area contributed by atoms with Crippen molar-refractivity contribution in [2.75, 3.05) is 0 Å². The van der Waals surface area contributed by atoms with Gasteiger partial charge in [0.2, 0.25) is 0 Å². The Hall–Kier alpha value is -2.40. The molecule has 5 heteroatoms. The van der Waals surface area contributed by atoms with E-state index in [2.05, 4.69) is 4.98 Å². The summed E-state index contributed by atoms with van der Waals surface area (Å²) >= 11 is 0. The number of aromatic nitrogens is 1. The van der Waals surface area contributed by atoms with Crippen LogP contribution < -0.4 is 4.18 Å². The Labute approximate surface area is 116 Å². The molecule has 3 aromatic rings. The van der Waals surface area contributed by atoms with E-state index in [0.29, 0.717) is 5.75 Å². The van der Waals surface area contributed by atoms with Crippen molar-refractivity contribution in [3.63, 3.8) is 0 Å². The maximum Gasteiger partial charge on any atom is 0.339 e. The number of para-hydroxylation sites is 1. The number of hydrogen-bond acceptors (Lipinski definition) is 4. The number of benzene rings is 2. The van der Waals surface area contributed by atoms with Crippen LogP contribution in [0.15, 0.2) is 71.8 Å². The molecule has 0 aliphatic rings. The Kier molecular flexibility index (Phi) is 3.12. The molecule has 0 bridgehead atoms. The average Bonchev–Trinajstić information content (AvgIpc) is 2.47. The van der Waals surface area contributed by atoms with Gasteiger partial charge >= 0.3 is 10.1 Å². The van der Waals surface area contributed by atoms with Gasteiger partial charge in [0, 0.05) is 11.6 Å². The second-order valence-electron chi connectivity index (χ2n) is 4.21. The minimum absolute atomic E-state index is 0.113. The maximum atomic E-state index is 12.2. The third kappa shape index (κ3) is 2.48. The van der Waals surface area contributed by atoms with Crippen LogP contribution in [0.1, 0.15) is 0 Å². The predicted octanol–water partition coefficient (Wildman–Crippen LogP) is 3.00. The fraction of sp³-hybridized carbons (Fsp3) is 0. The summed E-state index contributed by atoms with van der Waals surface area (Å²) in [7, 11) is -3.83. The smallest absolute Gasteiger partial charge is 0.339 e. The fourth-order valence-electron chi connectivity index (χ4n) is 1.86. The van der Waals surface area contributed by atoms with E-state index in [0.717, 1.165) is 10.9 Å². The summed E-state index contributed by atoms with van der Waals surface area (Å²) in [6.45, 7) is 0. The number of fused-ring (bicyclic) bond motifs is 1. The van der Waals surface area contributed by atoms with Crippen LogP contribution in [-0.2, 0) is 10.1 Å². The molecule has 0 aliphatic carbocycles. The molecule has 0 fully saturated rings. The normalized spacial score (nSPS) is 11.4. The van der Waals surface area contributed by atoms with E-state index in [1.165, 1.54) is 6.07 Å². The zero-order chi connectivity index (χ0) is 14.0. The van der Waals surface area contributed by atoms with Crippen molar-refractivity contribution in [3.8, 4) is 5.75 Å². The van der Waals surface area contributed by atoms with Crippen LogP contribution in [0.3, 0.4) is 0 Å². The van der Waals surface area contributed by atoms with Gasteiger partial charge in [-0.15, -0.1) is 0 Å². The summed E-state index contributed by atoms with van der Waals surface area (Å²) in [6.07, 6.45) is 1.66. The van der Waals surface area contributed by atoms with Crippen molar-refractivity contribution in [1.82, 2.24) is 4.98 Å². The van der Waals surface area contributed by atoms with E-state index in [-0.39, 0.29) is 4.90 Å². The molecular formula is C15H11NO3S. The molecule has 2 aromatic carbocycles. The molecule has 3 rings (SSSR count). The van der Waals surface area contributed by atoms with E-state index in [9.17, 15) is 8.42 Å². The number of nitrogens with zero attached hydrogens (tertiary/aromatic N) is 1. The molecule has 1 heterocycles. The first-order valence-corrected chi connectivity index (χ1v) is 7.40. The molecule has 1 aromatic heterocycles. The van der Waals surface area contributed by atoms with Crippen LogP contribution in [0.5, 0.6) is 5.75 Å². The van der Waals surface area contributed by atoms with E-state index in [1.807, 2.05) is 6.07 Å². The Bertz CT molecular complexity index is 845. The minimum Gasteiger partial charge on any atom is -0.379 e. The monoisotopic (exact) mass is 285 g/mol. The van der Waals surface area contributed by atoms with Gasteiger partial charge in [0.1, 0.15) is 10.6 Å². The Balaban J connectivity index is 2.01. The predicted molar refractivity (Wildman–Crippen MR) is 76.0 cm³/mol. The van der Waals surface area contributed by atoms with Crippen LogP contribution in [0, 0.1) is 0 Å². The van der Waals surface area contributed by atoms with Gasteiger partial charge < -0.3 is 4.18 Å². The third-order valence-electron chi connectivity index (χ3n) is 2.81. The molecule has 0 amide bonds. The number of rotatable bonds is 3. The quantitative estimate of drug-likeness (QED) is 0.694. The Morgan fingerprint density at radius 1 is 0.900 bits per heavy atom. The lowest BCUT2D eigenvalue weighted by Crippen LogP contribution is -2.09. The molecule has 4 nitrogen and oxygen atoms in total. The van der Waals surface area contributed by atoms with Crippen LogP contribution in [-0.4, -0.2) is 13.4 Å². The molecule has 0 spiro atoms. The van der Waals surface area contributed by atoms with Gasteiger partial charge in [0.25, 0.3) is 0 Å². The molecule has 0 unspecified atom stereocenters. The summed E-state index contributed by atoms with van der Waals surface area (Å²) in [5.74, 6) is 0.291. The van der Waals surface area contributed by atoms with Crippen LogP contribution in [0.2, 0.25) is 0 Å². The zero-order valence-corrected chi connectivity index (χ0v) is 11.2. The van der Waals surface area contributed by atoms with Gasteiger partial charge in [-0.1, -0.05) is 24.3 Å². The van der Waals surface area contributed by atoms with Gasteiger partial charge in [0.15, 0.2) is 0 Å². The van der Waals surface area contributed by atoms with Crippen LogP contribution in [0.25, 0.3) is 10.9 Å². The topological polar surface area (TPSA) is 56.3 Å². The van der Waals surface area contributed by atoms with E-state index < -0.39 is 10.1 Å². The second-order valence-corrected chi connectivity index (χ2v) is 5.75. The maximum absolute atomic E-state index is 12.2. The summed E-state index contributed by atoms with van der Waals surface area (Å²) in [4.78, 5) is 4.27. The van der Waals surface area contributed by atoms with E-state index in [1.54, 1.807) is 54.7 Å². The van der Waals surface area contributed by atoms with Gasteiger partial charge in [-0.05, 0) is 36.4 Å². The molecular weight excluding hydrogens is 274 g/mol. The van der Waals surface area contributed by atoms with Crippen molar-refractivity contribution >= 4 is 21.0 Å². The lowest BCUT2D eigenvalue weighted by molar-refractivity contribution is 0.486. The summed E-state index contributed by atoms with van der Waals surface area (Å²) in [5.41, 5.74) is 0.742. The first-order valence-electron chi connectivity index (χ1n) is 5.99. The van der Waals surface area contributed by atoms with Crippen molar-refractivity contribution in [2.24, 2.45) is 0 Å². The molecule has 0 atom stereocenters. The van der Waals surface area contributed by atoms with Gasteiger partial charge in [-0.25, -0.2) is 0 Å². The fourth-order valence-corrected chi connectivity index (χ4v) is 2.83. The molecule has 0 aliphatic heterocycles. The Morgan fingerprint density at radius 3 is 2.50 bits per heavy atom. The van der Waals surface area contributed by atoms with Crippen LogP contribution in [0.4, 0.5) is 0 Å². The highest BCUT2D eigenvalue weighted by Gasteiger charge is 2.16. The first-order chi connectivity index (χ1) is 9.65. The zero-order valence-electron chi connectivity index (χ0n) is 10.4. The molecule has 0 N–H and O–H groups in total. The van der Waals surface area contributed by atoms with Crippen LogP contribution >= 0.6 is 0 Å². The summed E-state index contributed by atoms with van der Waals surface area (Å²) in [6, 6.07) is 16.7. The van der Waals surface area contributed by atoms with E-state index >= 15 is 0 Å². The largest absolute Gasteiger partial charge is 0.379 e. The molecule has 0 saturated heterocycles. The SMILES string of the molecule is O=S(=O)(Oc1ccccc1)c1ccc2ncccc2c1. The second kappa shape index (κ2) is 4.94. The standard InChI is InChI=1S/C15H11NO3S/c17-20(18,19-13-6-2-1-3-7-13)14-8-9-15-12(11-14)5-4-10-16-15/h1-11H. The van der Waals surface area contributed by atoms with Crippen molar-refractivity contribution in [1.29, 1.82) is 0 Å². The van der Waals surface area contributed by atoms with Gasteiger partial charge in [-0.3, -0.25) is 4.98 Å². The molecule has 0 radical (unpaired) electrons. The highest BCUT2D eigenvalue weighted by atomic mass is 32.2. The van der Waals surface area contributed by atoms with Crippen molar-refractivity contribution < 1.29 is 12.6 Å². The summed E-state index contributed by atoms with van der Waals surface area (Å²) in [5, 5.41) is 0.755.